The molecule has 3 heterocycles. The maximum absolute atomic E-state index is 12.8. The summed E-state index contributed by atoms with van der Waals surface area (Å²) in [5.41, 5.74) is 1.06. The molecule has 2 aromatic heterocycles. The largest absolute Gasteiger partial charge is 0.339 e. The lowest BCUT2D eigenvalue weighted by Gasteiger charge is -2.31. The van der Waals surface area contributed by atoms with Crippen LogP contribution in [0.25, 0.3) is 0 Å². The molecule has 1 amide bonds. The van der Waals surface area contributed by atoms with Crippen LogP contribution in [-0.4, -0.2) is 62.3 Å². The maximum atomic E-state index is 12.8. The van der Waals surface area contributed by atoms with E-state index in [4.69, 9.17) is 4.52 Å². The Kier molecular flexibility index (Phi) is 4.42. The first-order valence-corrected chi connectivity index (χ1v) is 7.77. The number of amides is 1. The molecule has 0 aromatic carbocycles. The molecule has 2 aromatic rings. The highest BCUT2D eigenvalue weighted by atomic mass is 16.5. The molecule has 0 N–H and O–H groups in total. The van der Waals surface area contributed by atoms with Gasteiger partial charge in [-0.15, -0.1) is 0 Å². The zero-order valence-electron chi connectivity index (χ0n) is 13.8. The normalized spacial score (nSPS) is 18.1. The van der Waals surface area contributed by atoms with Crippen molar-refractivity contribution < 1.29 is 9.32 Å². The van der Waals surface area contributed by atoms with Gasteiger partial charge in [0.1, 0.15) is 6.42 Å². The first-order chi connectivity index (χ1) is 11.0. The molecule has 0 fully saturated rings. The first kappa shape index (κ1) is 15.7. The molecule has 0 spiro atoms. The van der Waals surface area contributed by atoms with Gasteiger partial charge in [0.2, 0.25) is 11.8 Å². The molecule has 1 aliphatic rings. The van der Waals surface area contributed by atoms with Crippen molar-refractivity contribution in [1.82, 2.24) is 29.7 Å². The average molecular weight is 318 g/mol. The van der Waals surface area contributed by atoms with Gasteiger partial charge >= 0.3 is 0 Å². The highest BCUT2D eigenvalue weighted by Crippen LogP contribution is 2.19. The summed E-state index contributed by atoms with van der Waals surface area (Å²) >= 11 is 0. The molecule has 8 heteroatoms. The average Bonchev–Trinajstić information content (AvgIpc) is 3.06. The second kappa shape index (κ2) is 6.49. The number of aromatic nitrogens is 4. The molecule has 3 rings (SSSR count). The fourth-order valence-electron chi connectivity index (χ4n) is 2.97. The van der Waals surface area contributed by atoms with Crippen LogP contribution in [0.2, 0.25) is 0 Å². The molecule has 0 aliphatic carbocycles. The zero-order chi connectivity index (χ0) is 16.4. The summed E-state index contributed by atoms with van der Waals surface area (Å²) in [6, 6.07) is 2.11. The second-order valence-corrected chi connectivity index (χ2v) is 6.18. The van der Waals surface area contributed by atoms with E-state index in [0.717, 1.165) is 25.2 Å². The van der Waals surface area contributed by atoms with Gasteiger partial charge in [0, 0.05) is 25.3 Å². The molecule has 1 atom stereocenters. The van der Waals surface area contributed by atoms with Crippen molar-refractivity contribution in [2.45, 2.75) is 38.9 Å². The quantitative estimate of drug-likeness (QED) is 0.816. The summed E-state index contributed by atoms with van der Waals surface area (Å²) in [4.78, 5) is 21.0. The Hall–Kier alpha value is -2.22. The summed E-state index contributed by atoms with van der Waals surface area (Å²) in [6.07, 6.45) is 2.80. The number of aryl methyl sites for hydroxylation is 2. The molecule has 0 saturated carbocycles. The van der Waals surface area contributed by atoms with Gasteiger partial charge in [0.15, 0.2) is 5.82 Å². The lowest BCUT2D eigenvalue weighted by atomic mass is 10.1. The molecular formula is C15H22N6O2. The predicted octanol–water partition coefficient (Wildman–Crippen LogP) is 0.480. The topological polar surface area (TPSA) is 80.3 Å². The van der Waals surface area contributed by atoms with Gasteiger partial charge in [0.25, 0.3) is 0 Å². The first-order valence-electron chi connectivity index (χ1n) is 7.77. The summed E-state index contributed by atoms with van der Waals surface area (Å²) < 4.78 is 7.07. The van der Waals surface area contributed by atoms with Crippen molar-refractivity contribution in [3.63, 3.8) is 0 Å². The Balaban J connectivity index is 1.79. The third-order valence-corrected chi connectivity index (χ3v) is 4.02. The molecule has 0 saturated heterocycles. The Bertz CT molecular complexity index is 677. The van der Waals surface area contributed by atoms with E-state index in [0.29, 0.717) is 18.3 Å². The molecule has 0 bridgehead atoms. The van der Waals surface area contributed by atoms with E-state index in [1.165, 1.54) is 0 Å². The van der Waals surface area contributed by atoms with Gasteiger partial charge < -0.3 is 14.3 Å². The molecule has 23 heavy (non-hydrogen) atoms. The predicted molar refractivity (Wildman–Crippen MR) is 82.5 cm³/mol. The number of hydrogen-bond acceptors (Lipinski definition) is 6. The van der Waals surface area contributed by atoms with Gasteiger partial charge in [-0.1, -0.05) is 5.16 Å². The van der Waals surface area contributed by atoms with Gasteiger partial charge in [-0.2, -0.15) is 10.1 Å². The smallest absolute Gasteiger partial charge is 0.236 e. The van der Waals surface area contributed by atoms with E-state index in [-0.39, 0.29) is 18.4 Å². The van der Waals surface area contributed by atoms with Crippen LogP contribution < -0.4 is 0 Å². The number of rotatable bonds is 4. The number of nitrogens with zero attached hydrogens (tertiary/aromatic N) is 6. The van der Waals surface area contributed by atoms with Crippen LogP contribution >= 0.6 is 0 Å². The van der Waals surface area contributed by atoms with Crippen LogP contribution in [0.5, 0.6) is 0 Å². The highest BCUT2D eigenvalue weighted by molar-refractivity contribution is 5.78. The third kappa shape index (κ3) is 3.58. The van der Waals surface area contributed by atoms with E-state index in [1.54, 1.807) is 13.1 Å². The highest BCUT2D eigenvalue weighted by Gasteiger charge is 2.29. The van der Waals surface area contributed by atoms with Gasteiger partial charge in [-0.05, 0) is 33.5 Å². The van der Waals surface area contributed by atoms with E-state index >= 15 is 0 Å². The van der Waals surface area contributed by atoms with Crippen LogP contribution in [0.15, 0.2) is 16.8 Å². The minimum atomic E-state index is 0.00940. The fraction of sp³-hybridized carbons (Fsp3) is 0.600. The van der Waals surface area contributed by atoms with Crippen molar-refractivity contribution in [2.24, 2.45) is 0 Å². The van der Waals surface area contributed by atoms with Crippen molar-refractivity contribution in [3.05, 3.63) is 29.7 Å². The Morgan fingerprint density at radius 2 is 2.30 bits per heavy atom. The molecule has 0 unspecified atom stereocenters. The van der Waals surface area contributed by atoms with Crippen LogP contribution in [0.3, 0.4) is 0 Å². The molecule has 1 aliphatic heterocycles. The Morgan fingerprint density at radius 3 is 3.00 bits per heavy atom. The summed E-state index contributed by atoms with van der Waals surface area (Å²) in [5.74, 6) is 0.926. The lowest BCUT2D eigenvalue weighted by Crippen LogP contribution is -2.45. The van der Waals surface area contributed by atoms with E-state index in [1.807, 2.05) is 29.7 Å². The molecule has 0 radical (unpaired) electrons. The van der Waals surface area contributed by atoms with Crippen LogP contribution in [0, 0.1) is 6.92 Å². The number of carbonyl (C=O) groups is 1. The molecule has 124 valence electrons. The molecular weight excluding hydrogens is 296 g/mol. The molecule has 8 nitrogen and oxygen atoms in total. The van der Waals surface area contributed by atoms with E-state index in [9.17, 15) is 4.79 Å². The number of likely N-dealkylation sites (N-methyl/N-ethyl adjacent to an activating group) is 1. The monoisotopic (exact) mass is 318 g/mol. The van der Waals surface area contributed by atoms with Crippen molar-refractivity contribution in [2.75, 3.05) is 20.6 Å². The lowest BCUT2D eigenvalue weighted by molar-refractivity contribution is -0.134. The number of hydrogen-bond donors (Lipinski definition) is 0. The zero-order valence-corrected chi connectivity index (χ0v) is 13.8. The minimum absolute atomic E-state index is 0.00940. The van der Waals surface area contributed by atoms with Crippen molar-refractivity contribution >= 4 is 5.91 Å². The Labute approximate surface area is 135 Å². The standard InChI is InChI=1S/C15H22N6O2/c1-11-17-14(23-18-11)8-15(22)20-10-13-4-6-16-21(13)7-5-12(20)9-19(2)3/h4,6,12H,5,7-10H2,1-3H3/t12-/m1/s1. The van der Waals surface area contributed by atoms with E-state index in [2.05, 4.69) is 20.1 Å². The minimum Gasteiger partial charge on any atom is -0.339 e. The third-order valence-electron chi connectivity index (χ3n) is 4.02. The van der Waals surface area contributed by atoms with Crippen LogP contribution in [0.1, 0.15) is 23.8 Å². The van der Waals surface area contributed by atoms with Crippen LogP contribution in [0.4, 0.5) is 0 Å². The van der Waals surface area contributed by atoms with Gasteiger partial charge in [-0.25, -0.2) is 0 Å². The maximum Gasteiger partial charge on any atom is 0.236 e. The van der Waals surface area contributed by atoms with Crippen molar-refractivity contribution in [3.8, 4) is 0 Å². The Morgan fingerprint density at radius 1 is 1.48 bits per heavy atom. The van der Waals surface area contributed by atoms with E-state index < -0.39 is 0 Å². The van der Waals surface area contributed by atoms with Gasteiger partial charge in [0.05, 0.1) is 12.2 Å². The SMILES string of the molecule is Cc1noc(CC(=O)N2Cc3ccnn3CC[C@@H]2CN(C)C)n1. The van der Waals surface area contributed by atoms with Crippen LogP contribution in [-0.2, 0) is 24.3 Å². The summed E-state index contributed by atoms with van der Waals surface area (Å²) in [6.45, 7) is 3.95. The summed E-state index contributed by atoms with van der Waals surface area (Å²) in [5, 5.41) is 8.08. The number of carbonyl (C=O) groups excluding carboxylic acids is 1. The number of fused-ring (bicyclic) bond motifs is 1. The summed E-state index contributed by atoms with van der Waals surface area (Å²) in [7, 11) is 4.04. The fourth-order valence-corrected chi connectivity index (χ4v) is 2.97. The van der Waals surface area contributed by atoms with Gasteiger partial charge in [-0.3, -0.25) is 9.48 Å². The van der Waals surface area contributed by atoms with Crippen molar-refractivity contribution in [1.29, 1.82) is 0 Å². The second-order valence-electron chi connectivity index (χ2n) is 6.18.